The summed E-state index contributed by atoms with van der Waals surface area (Å²) in [7, 11) is 2.02. The SMILES string of the molecule is Cc1ccc(C(CN)N(C)Cc2cc(Br)cs2)cc1F. The summed E-state index contributed by atoms with van der Waals surface area (Å²) in [4.78, 5) is 3.41. The monoisotopic (exact) mass is 356 g/mol. The van der Waals surface area contributed by atoms with Crippen LogP contribution >= 0.6 is 27.3 Å². The van der Waals surface area contributed by atoms with Crippen molar-refractivity contribution in [3.63, 3.8) is 0 Å². The summed E-state index contributed by atoms with van der Waals surface area (Å²) < 4.78 is 14.8. The van der Waals surface area contributed by atoms with Gasteiger partial charge in [0.05, 0.1) is 0 Å². The molecule has 20 heavy (non-hydrogen) atoms. The molecule has 0 aliphatic carbocycles. The predicted octanol–water partition coefficient (Wildman–Crippen LogP) is 4.09. The second-order valence-electron chi connectivity index (χ2n) is 4.91. The van der Waals surface area contributed by atoms with Crippen molar-refractivity contribution >= 4 is 27.3 Å². The Hall–Kier alpha value is -0.750. The van der Waals surface area contributed by atoms with Gasteiger partial charge in [-0.05, 0) is 53.2 Å². The first-order valence-electron chi connectivity index (χ1n) is 6.40. The smallest absolute Gasteiger partial charge is 0.126 e. The van der Waals surface area contributed by atoms with E-state index in [-0.39, 0.29) is 11.9 Å². The van der Waals surface area contributed by atoms with E-state index in [1.54, 1.807) is 24.3 Å². The minimum absolute atomic E-state index is 0.0194. The molecule has 0 aliphatic heterocycles. The van der Waals surface area contributed by atoms with Crippen molar-refractivity contribution in [1.82, 2.24) is 4.90 Å². The van der Waals surface area contributed by atoms with Gasteiger partial charge in [0.1, 0.15) is 5.82 Å². The second kappa shape index (κ2) is 6.80. The Morgan fingerprint density at radius 3 is 2.70 bits per heavy atom. The van der Waals surface area contributed by atoms with Gasteiger partial charge < -0.3 is 5.73 Å². The first-order valence-corrected chi connectivity index (χ1v) is 8.07. The van der Waals surface area contributed by atoms with Crippen LogP contribution in [0.1, 0.15) is 22.0 Å². The lowest BCUT2D eigenvalue weighted by Crippen LogP contribution is -2.30. The van der Waals surface area contributed by atoms with Gasteiger partial charge in [-0.25, -0.2) is 4.39 Å². The molecule has 0 amide bonds. The van der Waals surface area contributed by atoms with Crippen LogP contribution in [0.5, 0.6) is 0 Å². The van der Waals surface area contributed by atoms with Crippen molar-refractivity contribution < 1.29 is 4.39 Å². The van der Waals surface area contributed by atoms with Gasteiger partial charge in [-0.3, -0.25) is 4.90 Å². The molecule has 0 radical (unpaired) electrons. The maximum atomic E-state index is 13.7. The molecule has 1 heterocycles. The lowest BCUT2D eigenvalue weighted by atomic mass is 10.0. The molecule has 0 saturated heterocycles. The Kier molecular flexibility index (Phi) is 5.32. The molecule has 108 valence electrons. The van der Waals surface area contributed by atoms with Crippen LogP contribution in [0.3, 0.4) is 0 Å². The standard InChI is InChI=1S/C15H18BrFN2S/c1-10-3-4-11(5-14(10)17)15(7-18)19(2)8-13-6-12(16)9-20-13/h3-6,9,15H,7-8,18H2,1-2H3. The molecule has 2 N–H and O–H groups in total. The Morgan fingerprint density at radius 2 is 2.15 bits per heavy atom. The third kappa shape index (κ3) is 3.67. The summed E-state index contributed by atoms with van der Waals surface area (Å²) >= 11 is 5.16. The predicted molar refractivity (Wildman–Crippen MR) is 86.4 cm³/mol. The van der Waals surface area contributed by atoms with Gasteiger partial charge in [-0.1, -0.05) is 12.1 Å². The van der Waals surface area contributed by atoms with E-state index in [2.05, 4.69) is 32.3 Å². The van der Waals surface area contributed by atoms with E-state index < -0.39 is 0 Å². The number of benzene rings is 1. The highest BCUT2D eigenvalue weighted by Gasteiger charge is 2.17. The zero-order valence-corrected chi connectivity index (χ0v) is 14.0. The third-order valence-corrected chi connectivity index (χ3v) is 5.05. The van der Waals surface area contributed by atoms with Crippen molar-refractivity contribution in [2.45, 2.75) is 19.5 Å². The minimum Gasteiger partial charge on any atom is -0.329 e. The number of rotatable bonds is 5. The molecule has 2 nitrogen and oxygen atoms in total. The largest absolute Gasteiger partial charge is 0.329 e. The summed E-state index contributed by atoms with van der Waals surface area (Å²) in [6.45, 7) is 3.03. The normalized spacial score (nSPS) is 12.9. The van der Waals surface area contributed by atoms with Gasteiger partial charge in [0.15, 0.2) is 0 Å². The van der Waals surface area contributed by atoms with Gasteiger partial charge in [0.2, 0.25) is 0 Å². The van der Waals surface area contributed by atoms with E-state index in [9.17, 15) is 4.39 Å². The van der Waals surface area contributed by atoms with Gasteiger partial charge in [-0.2, -0.15) is 0 Å². The number of halogens is 2. The van der Waals surface area contributed by atoms with Crippen LogP contribution in [0.2, 0.25) is 0 Å². The average Bonchev–Trinajstić information content (AvgIpc) is 2.80. The molecular weight excluding hydrogens is 339 g/mol. The number of aryl methyl sites for hydroxylation is 1. The Balaban J connectivity index is 2.16. The van der Waals surface area contributed by atoms with Crippen LogP contribution in [0.25, 0.3) is 0 Å². The van der Waals surface area contributed by atoms with E-state index in [1.807, 2.05) is 19.2 Å². The summed E-state index contributed by atoms with van der Waals surface area (Å²) in [5, 5.41) is 2.06. The first kappa shape index (κ1) is 15.6. The Bertz CT molecular complexity index is 585. The maximum Gasteiger partial charge on any atom is 0.126 e. The van der Waals surface area contributed by atoms with Crippen molar-refractivity contribution in [3.8, 4) is 0 Å². The van der Waals surface area contributed by atoms with E-state index >= 15 is 0 Å². The van der Waals surface area contributed by atoms with Gasteiger partial charge >= 0.3 is 0 Å². The topological polar surface area (TPSA) is 29.3 Å². The third-order valence-electron chi connectivity index (χ3n) is 3.36. The molecule has 2 rings (SSSR count). The fraction of sp³-hybridized carbons (Fsp3) is 0.333. The highest BCUT2D eigenvalue weighted by Crippen LogP contribution is 2.26. The van der Waals surface area contributed by atoms with Gasteiger partial charge in [0.25, 0.3) is 0 Å². The molecule has 0 saturated carbocycles. The molecule has 1 aromatic carbocycles. The van der Waals surface area contributed by atoms with Gasteiger partial charge in [0, 0.05) is 33.9 Å². The quantitative estimate of drug-likeness (QED) is 0.873. The molecule has 0 fully saturated rings. The minimum atomic E-state index is -0.173. The number of nitrogens with two attached hydrogens (primary N) is 1. The molecule has 1 unspecified atom stereocenters. The Morgan fingerprint density at radius 1 is 1.40 bits per heavy atom. The summed E-state index contributed by atoms with van der Waals surface area (Å²) in [6, 6.07) is 7.48. The molecule has 1 atom stereocenters. The maximum absolute atomic E-state index is 13.7. The summed E-state index contributed by atoms with van der Waals surface area (Å²) in [5.41, 5.74) is 7.47. The van der Waals surface area contributed by atoms with Crippen LogP contribution in [-0.2, 0) is 6.54 Å². The van der Waals surface area contributed by atoms with Crippen LogP contribution in [0, 0.1) is 12.7 Å². The highest BCUT2D eigenvalue weighted by molar-refractivity contribution is 9.10. The van der Waals surface area contributed by atoms with Crippen molar-refractivity contribution in [2.75, 3.05) is 13.6 Å². The number of hydrogen-bond acceptors (Lipinski definition) is 3. The molecule has 0 aliphatic rings. The first-order chi connectivity index (χ1) is 9.51. The Labute approximate surface area is 131 Å². The fourth-order valence-electron chi connectivity index (χ4n) is 2.18. The second-order valence-corrected chi connectivity index (χ2v) is 6.82. The van der Waals surface area contributed by atoms with E-state index in [0.29, 0.717) is 12.1 Å². The number of thiophene rings is 1. The van der Waals surface area contributed by atoms with E-state index in [1.165, 1.54) is 4.88 Å². The van der Waals surface area contributed by atoms with Crippen molar-refractivity contribution in [3.05, 3.63) is 55.9 Å². The van der Waals surface area contributed by atoms with Crippen LogP contribution in [0.15, 0.2) is 34.1 Å². The molecular formula is C15H18BrFN2S. The summed E-state index contributed by atoms with van der Waals surface area (Å²) in [6.07, 6.45) is 0. The van der Waals surface area contributed by atoms with E-state index in [0.717, 1.165) is 16.6 Å². The molecule has 0 spiro atoms. The van der Waals surface area contributed by atoms with Gasteiger partial charge in [-0.15, -0.1) is 11.3 Å². The van der Waals surface area contributed by atoms with Crippen LogP contribution in [0.4, 0.5) is 4.39 Å². The fourth-order valence-corrected chi connectivity index (χ4v) is 3.69. The van der Waals surface area contributed by atoms with Crippen molar-refractivity contribution in [2.24, 2.45) is 5.73 Å². The lowest BCUT2D eigenvalue weighted by Gasteiger charge is -2.27. The molecule has 5 heteroatoms. The zero-order valence-electron chi connectivity index (χ0n) is 11.6. The highest BCUT2D eigenvalue weighted by atomic mass is 79.9. The number of nitrogens with zero attached hydrogens (tertiary/aromatic N) is 1. The average molecular weight is 357 g/mol. The number of hydrogen-bond donors (Lipinski definition) is 1. The van der Waals surface area contributed by atoms with Crippen molar-refractivity contribution in [1.29, 1.82) is 0 Å². The van der Waals surface area contributed by atoms with E-state index in [4.69, 9.17) is 5.73 Å². The van der Waals surface area contributed by atoms with Crippen LogP contribution < -0.4 is 5.73 Å². The van der Waals surface area contributed by atoms with Crippen LogP contribution in [-0.4, -0.2) is 18.5 Å². The molecule has 1 aromatic heterocycles. The molecule has 0 bridgehead atoms. The molecule has 2 aromatic rings. The summed E-state index contributed by atoms with van der Waals surface area (Å²) in [5.74, 6) is -0.173. The number of likely N-dealkylation sites (N-methyl/N-ethyl adjacent to an activating group) is 1. The lowest BCUT2D eigenvalue weighted by molar-refractivity contribution is 0.243. The zero-order chi connectivity index (χ0) is 14.7.